The number of hydrogen-bond acceptors (Lipinski definition) is 4. The van der Waals surface area contributed by atoms with Gasteiger partial charge in [-0.3, -0.25) is 0 Å². The summed E-state index contributed by atoms with van der Waals surface area (Å²) in [6.07, 6.45) is 1.80. The van der Waals surface area contributed by atoms with Gasteiger partial charge in [-0.25, -0.2) is 4.98 Å². The SMILES string of the molecule is Clc1ncc(CNc2ccc3oc(-c4ccccc4)cc3c2)s1. The molecule has 2 heterocycles. The Morgan fingerprint density at radius 2 is 1.96 bits per heavy atom. The van der Waals surface area contributed by atoms with Gasteiger partial charge in [0.1, 0.15) is 11.3 Å². The minimum Gasteiger partial charge on any atom is -0.456 e. The van der Waals surface area contributed by atoms with Crippen LogP contribution in [0.15, 0.2) is 65.2 Å². The van der Waals surface area contributed by atoms with Crippen molar-refractivity contribution >= 4 is 39.6 Å². The van der Waals surface area contributed by atoms with Crippen molar-refractivity contribution in [1.82, 2.24) is 4.98 Å². The Hall–Kier alpha value is -2.30. The number of furan rings is 1. The second-order valence-electron chi connectivity index (χ2n) is 5.16. The van der Waals surface area contributed by atoms with E-state index in [9.17, 15) is 0 Å². The summed E-state index contributed by atoms with van der Waals surface area (Å²) in [5.74, 6) is 0.881. The fourth-order valence-corrected chi connectivity index (χ4v) is 3.37. The van der Waals surface area contributed by atoms with Gasteiger partial charge in [0.15, 0.2) is 4.47 Å². The smallest absolute Gasteiger partial charge is 0.183 e. The number of rotatable bonds is 4. The highest BCUT2D eigenvalue weighted by atomic mass is 35.5. The minimum atomic E-state index is 0.569. The van der Waals surface area contributed by atoms with E-state index in [0.717, 1.165) is 32.9 Å². The first kappa shape index (κ1) is 14.3. The third-order valence-electron chi connectivity index (χ3n) is 3.57. The highest BCUT2D eigenvalue weighted by Crippen LogP contribution is 2.29. The third kappa shape index (κ3) is 3.09. The molecule has 0 bridgehead atoms. The van der Waals surface area contributed by atoms with Gasteiger partial charge in [0.2, 0.25) is 0 Å². The van der Waals surface area contributed by atoms with Crippen molar-refractivity contribution in [2.24, 2.45) is 0 Å². The van der Waals surface area contributed by atoms with Crippen LogP contribution in [0, 0.1) is 0 Å². The van der Waals surface area contributed by atoms with E-state index in [1.807, 2.05) is 42.5 Å². The lowest BCUT2D eigenvalue weighted by atomic mass is 10.1. The van der Waals surface area contributed by atoms with Gasteiger partial charge in [0.25, 0.3) is 0 Å². The molecule has 4 aromatic rings. The first-order valence-corrected chi connectivity index (χ1v) is 8.40. The lowest BCUT2D eigenvalue weighted by Gasteiger charge is -2.03. The van der Waals surface area contributed by atoms with Crippen molar-refractivity contribution < 1.29 is 4.42 Å². The molecule has 0 aliphatic carbocycles. The Morgan fingerprint density at radius 1 is 1.09 bits per heavy atom. The molecule has 0 aliphatic heterocycles. The molecule has 5 heteroatoms. The first-order chi connectivity index (χ1) is 11.3. The maximum absolute atomic E-state index is 5.92. The van der Waals surface area contributed by atoms with E-state index in [0.29, 0.717) is 11.0 Å². The lowest BCUT2D eigenvalue weighted by molar-refractivity contribution is 0.631. The quantitative estimate of drug-likeness (QED) is 0.508. The number of benzene rings is 2. The number of nitrogens with one attached hydrogen (secondary N) is 1. The van der Waals surface area contributed by atoms with Crippen molar-refractivity contribution in [3.63, 3.8) is 0 Å². The van der Waals surface area contributed by atoms with Gasteiger partial charge in [-0.05, 0) is 24.3 Å². The van der Waals surface area contributed by atoms with Crippen LogP contribution < -0.4 is 5.32 Å². The van der Waals surface area contributed by atoms with Gasteiger partial charge in [0.05, 0.1) is 6.54 Å². The Morgan fingerprint density at radius 3 is 2.74 bits per heavy atom. The number of halogens is 1. The molecule has 23 heavy (non-hydrogen) atoms. The molecule has 2 aromatic heterocycles. The normalized spacial score (nSPS) is 11.0. The predicted octanol–water partition coefficient (Wildman–Crippen LogP) is 5.82. The average Bonchev–Trinajstić information content (AvgIpc) is 3.19. The zero-order valence-electron chi connectivity index (χ0n) is 12.1. The van der Waals surface area contributed by atoms with E-state index >= 15 is 0 Å². The number of anilines is 1. The predicted molar refractivity (Wildman–Crippen MR) is 96.1 cm³/mol. The van der Waals surface area contributed by atoms with Crippen LogP contribution in [0.25, 0.3) is 22.3 Å². The molecule has 0 amide bonds. The molecule has 0 spiro atoms. The zero-order chi connectivity index (χ0) is 15.6. The Labute approximate surface area is 142 Å². The van der Waals surface area contributed by atoms with E-state index < -0.39 is 0 Å². The minimum absolute atomic E-state index is 0.569. The van der Waals surface area contributed by atoms with Gasteiger partial charge in [-0.2, -0.15) is 0 Å². The second kappa shape index (κ2) is 6.07. The number of hydrogen-bond donors (Lipinski definition) is 1. The fraction of sp³-hybridized carbons (Fsp3) is 0.0556. The molecule has 0 saturated carbocycles. The molecule has 2 aromatic carbocycles. The van der Waals surface area contributed by atoms with E-state index in [4.69, 9.17) is 16.0 Å². The second-order valence-corrected chi connectivity index (χ2v) is 6.86. The Kier molecular flexibility index (Phi) is 3.77. The van der Waals surface area contributed by atoms with Crippen molar-refractivity contribution in [2.45, 2.75) is 6.54 Å². The van der Waals surface area contributed by atoms with Gasteiger partial charge >= 0.3 is 0 Å². The van der Waals surface area contributed by atoms with E-state index in [1.54, 1.807) is 6.20 Å². The molecule has 0 unspecified atom stereocenters. The number of thiazole rings is 1. The molecule has 0 fully saturated rings. The van der Waals surface area contributed by atoms with Crippen LogP contribution in [-0.2, 0) is 6.54 Å². The summed E-state index contributed by atoms with van der Waals surface area (Å²) in [5.41, 5.74) is 3.01. The third-order valence-corrected chi connectivity index (χ3v) is 4.68. The zero-order valence-corrected chi connectivity index (χ0v) is 13.7. The molecule has 3 nitrogen and oxygen atoms in total. The summed E-state index contributed by atoms with van der Waals surface area (Å²) in [6.45, 7) is 0.708. The van der Waals surface area contributed by atoms with Crippen molar-refractivity contribution in [3.05, 3.63) is 70.1 Å². The Balaban J connectivity index is 1.58. The molecule has 0 saturated heterocycles. The molecular weight excluding hydrogens is 328 g/mol. The summed E-state index contributed by atoms with van der Waals surface area (Å²) < 4.78 is 6.49. The molecule has 0 radical (unpaired) electrons. The van der Waals surface area contributed by atoms with Crippen LogP contribution in [-0.4, -0.2) is 4.98 Å². The number of aromatic nitrogens is 1. The van der Waals surface area contributed by atoms with E-state index in [-0.39, 0.29) is 0 Å². The summed E-state index contributed by atoms with van der Waals surface area (Å²) in [4.78, 5) is 5.15. The largest absolute Gasteiger partial charge is 0.456 e. The van der Waals surface area contributed by atoms with Gasteiger partial charge < -0.3 is 9.73 Å². The number of fused-ring (bicyclic) bond motifs is 1. The van der Waals surface area contributed by atoms with Gasteiger partial charge in [-0.1, -0.05) is 41.9 Å². The van der Waals surface area contributed by atoms with Crippen molar-refractivity contribution in [1.29, 1.82) is 0 Å². The molecule has 0 atom stereocenters. The summed E-state index contributed by atoms with van der Waals surface area (Å²) in [5, 5.41) is 4.47. The molecule has 4 rings (SSSR count). The number of nitrogens with zero attached hydrogens (tertiary/aromatic N) is 1. The van der Waals surface area contributed by atoms with Crippen molar-refractivity contribution in [3.8, 4) is 11.3 Å². The highest BCUT2D eigenvalue weighted by molar-refractivity contribution is 7.15. The van der Waals surface area contributed by atoms with Crippen LogP contribution in [0.2, 0.25) is 4.47 Å². The van der Waals surface area contributed by atoms with Gasteiger partial charge in [0, 0.05) is 27.7 Å². The fourth-order valence-electron chi connectivity index (χ4n) is 2.45. The molecule has 0 aliphatic rings. The maximum Gasteiger partial charge on any atom is 0.183 e. The van der Waals surface area contributed by atoms with Crippen molar-refractivity contribution in [2.75, 3.05) is 5.32 Å². The lowest BCUT2D eigenvalue weighted by Crippen LogP contribution is -1.96. The molecule has 1 N–H and O–H groups in total. The first-order valence-electron chi connectivity index (χ1n) is 7.21. The summed E-state index contributed by atoms with van der Waals surface area (Å²) in [7, 11) is 0. The van der Waals surface area contributed by atoms with Gasteiger partial charge in [-0.15, -0.1) is 11.3 Å². The van der Waals surface area contributed by atoms with Crippen LogP contribution in [0.5, 0.6) is 0 Å². The summed E-state index contributed by atoms with van der Waals surface area (Å²) in [6, 6.07) is 18.3. The molecular formula is C18H13ClN2OS. The Bertz CT molecular complexity index is 946. The molecule has 114 valence electrons. The standard InChI is InChI=1S/C18H13ClN2OS/c19-18-21-11-15(23-18)10-20-14-6-7-16-13(8-14)9-17(22-16)12-4-2-1-3-5-12/h1-9,11,20H,10H2. The average molecular weight is 341 g/mol. The highest BCUT2D eigenvalue weighted by Gasteiger charge is 2.07. The summed E-state index contributed by atoms with van der Waals surface area (Å²) >= 11 is 7.33. The topological polar surface area (TPSA) is 38.1 Å². The van der Waals surface area contributed by atoms with E-state index in [1.165, 1.54) is 11.3 Å². The van der Waals surface area contributed by atoms with Crippen LogP contribution in [0.1, 0.15) is 4.88 Å². The van der Waals surface area contributed by atoms with E-state index in [2.05, 4.69) is 22.4 Å². The van der Waals surface area contributed by atoms with Crippen LogP contribution in [0.4, 0.5) is 5.69 Å². The maximum atomic E-state index is 5.92. The monoisotopic (exact) mass is 340 g/mol. The van der Waals surface area contributed by atoms with Crippen LogP contribution in [0.3, 0.4) is 0 Å². The van der Waals surface area contributed by atoms with Crippen LogP contribution >= 0.6 is 22.9 Å².